The Kier molecular flexibility index (Phi) is 5.37. The SMILES string of the molecule is CC(C)(CCCCc1ccccc1)c1cccn(C(=O)O)c1=O. The third-order valence-electron chi connectivity index (χ3n) is 4.24. The van der Waals surface area contributed by atoms with Crippen LogP contribution in [0.2, 0.25) is 0 Å². The zero-order valence-corrected chi connectivity index (χ0v) is 13.7. The van der Waals surface area contributed by atoms with E-state index in [-0.39, 0.29) is 5.41 Å². The first kappa shape index (κ1) is 17.0. The first-order valence-electron chi connectivity index (χ1n) is 7.91. The summed E-state index contributed by atoms with van der Waals surface area (Å²) in [5, 5.41) is 9.06. The molecule has 0 aliphatic rings. The van der Waals surface area contributed by atoms with E-state index in [2.05, 4.69) is 12.1 Å². The number of nitrogens with zero attached hydrogens (tertiary/aromatic N) is 1. The summed E-state index contributed by atoms with van der Waals surface area (Å²) in [7, 11) is 0. The van der Waals surface area contributed by atoms with E-state index < -0.39 is 11.7 Å². The molecule has 0 saturated carbocycles. The summed E-state index contributed by atoms with van der Waals surface area (Å²) >= 11 is 0. The van der Waals surface area contributed by atoms with Crippen molar-refractivity contribution in [1.82, 2.24) is 4.57 Å². The van der Waals surface area contributed by atoms with Gasteiger partial charge < -0.3 is 5.11 Å². The van der Waals surface area contributed by atoms with Crippen LogP contribution in [0.15, 0.2) is 53.5 Å². The number of hydrogen-bond acceptors (Lipinski definition) is 2. The summed E-state index contributed by atoms with van der Waals surface area (Å²) < 4.78 is 0.751. The maximum atomic E-state index is 12.3. The predicted molar refractivity (Wildman–Crippen MR) is 91.1 cm³/mol. The number of carboxylic acid groups (broad SMARTS) is 1. The van der Waals surface area contributed by atoms with Crippen LogP contribution < -0.4 is 5.56 Å². The van der Waals surface area contributed by atoms with Crippen molar-refractivity contribution >= 4 is 6.09 Å². The second kappa shape index (κ2) is 7.27. The van der Waals surface area contributed by atoms with Gasteiger partial charge in [-0.3, -0.25) is 4.79 Å². The molecule has 1 N–H and O–H groups in total. The van der Waals surface area contributed by atoms with E-state index in [1.165, 1.54) is 11.8 Å². The Bertz CT molecular complexity index is 717. The van der Waals surface area contributed by atoms with Gasteiger partial charge in [0.05, 0.1) is 0 Å². The van der Waals surface area contributed by atoms with Crippen LogP contribution in [0.1, 0.15) is 44.2 Å². The Morgan fingerprint density at radius 3 is 2.43 bits per heavy atom. The molecule has 0 atom stereocenters. The largest absolute Gasteiger partial charge is 0.464 e. The van der Waals surface area contributed by atoms with Gasteiger partial charge in [-0.2, -0.15) is 0 Å². The molecule has 0 radical (unpaired) electrons. The zero-order chi connectivity index (χ0) is 16.9. The third kappa shape index (κ3) is 4.31. The molecule has 2 aromatic rings. The van der Waals surface area contributed by atoms with Crippen molar-refractivity contribution in [3.05, 3.63) is 70.1 Å². The first-order chi connectivity index (χ1) is 10.9. The maximum Gasteiger partial charge on any atom is 0.418 e. The van der Waals surface area contributed by atoms with Crippen molar-refractivity contribution in [3.8, 4) is 0 Å². The van der Waals surface area contributed by atoms with Gasteiger partial charge in [-0.15, -0.1) is 0 Å². The molecule has 0 fully saturated rings. The third-order valence-corrected chi connectivity index (χ3v) is 4.24. The first-order valence-corrected chi connectivity index (χ1v) is 7.91. The number of rotatable bonds is 6. The average molecular weight is 313 g/mol. The second-order valence-corrected chi connectivity index (χ2v) is 6.46. The van der Waals surface area contributed by atoms with E-state index in [0.29, 0.717) is 5.56 Å². The lowest BCUT2D eigenvalue weighted by Gasteiger charge is -2.24. The molecule has 1 heterocycles. The van der Waals surface area contributed by atoms with Crippen LogP contribution in [-0.4, -0.2) is 15.8 Å². The van der Waals surface area contributed by atoms with Gasteiger partial charge in [-0.1, -0.05) is 56.7 Å². The maximum absolute atomic E-state index is 12.3. The van der Waals surface area contributed by atoms with Gasteiger partial charge >= 0.3 is 6.09 Å². The van der Waals surface area contributed by atoms with Gasteiger partial charge in [0.15, 0.2) is 0 Å². The van der Waals surface area contributed by atoms with Crippen LogP contribution in [0.5, 0.6) is 0 Å². The molecule has 0 unspecified atom stereocenters. The molecule has 2 rings (SSSR count). The number of unbranched alkanes of at least 4 members (excludes halogenated alkanes) is 1. The predicted octanol–water partition coefficient (Wildman–Crippen LogP) is 4.07. The van der Waals surface area contributed by atoms with Gasteiger partial charge in [0.25, 0.3) is 5.56 Å². The standard InChI is InChI=1S/C19H23NO3/c1-19(2,13-7-6-11-15-9-4-3-5-10-15)16-12-8-14-20(17(16)21)18(22)23/h3-5,8-10,12,14H,6-7,11,13H2,1-2H3,(H,22,23). The molecule has 0 aliphatic carbocycles. The van der Waals surface area contributed by atoms with Crippen LogP contribution in [0.3, 0.4) is 0 Å². The van der Waals surface area contributed by atoms with Crippen LogP contribution in [0.4, 0.5) is 4.79 Å². The minimum atomic E-state index is -1.24. The fourth-order valence-corrected chi connectivity index (χ4v) is 2.84. The second-order valence-electron chi connectivity index (χ2n) is 6.46. The van der Waals surface area contributed by atoms with Crippen molar-refractivity contribution in [2.24, 2.45) is 0 Å². The Morgan fingerprint density at radius 2 is 1.78 bits per heavy atom. The lowest BCUT2D eigenvalue weighted by Crippen LogP contribution is -2.34. The van der Waals surface area contributed by atoms with Gasteiger partial charge in [0.1, 0.15) is 0 Å². The fourth-order valence-electron chi connectivity index (χ4n) is 2.84. The highest BCUT2D eigenvalue weighted by molar-refractivity contribution is 5.67. The zero-order valence-electron chi connectivity index (χ0n) is 13.7. The molecule has 1 aromatic heterocycles. The minimum absolute atomic E-state index is 0.341. The highest BCUT2D eigenvalue weighted by Crippen LogP contribution is 2.27. The molecule has 0 bridgehead atoms. The summed E-state index contributed by atoms with van der Waals surface area (Å²) in [5.74, 6) is 0. The van der Waals surface area contributed by atoms with Crippen LogP contribution >= 0.6 is 0 Å². The lowest BCUT2D eigenvalue weighted by atomic mass is 9.80. The highest BCUT2D eigenvalue weighted by Gasteiger charge is 2.24. The Morgan fingerprint density at radius 1 is 1.09 bits per heavy atom. The minimum Gasteiger partial charge on any atom is -0.464 e. The normalized spacial score (nSPS) is 11.4. The number of aryl methyl sites for hydroxylation is 1. The fraction of sp³-hybridized carbons (Fsp3) is 0.368. The molecular formula is C19H23NO3. The Labute approximate surface area is 136 Å². The number of carbonyl (C=O) groups is 1. The monoisotopic (exact) mass is 313 g/mol. The molecule has 0 amide bonds. The highest BCUT2D eigenvalue weighted by atomic mass is 16.4. The van der Waals surface area contributed by atoms with Gasteiger partial charge in [-0.25, -0.2) is 9.36 Å². The van der Waals surface area contributed by atoms with Gasteiger partial charge in [0.2, 0.25) is 0 Å². The van der Waals surface area contributed by atoms with E-state index >= 15 is 0 Å². The van der Waals surface area contributed by atoms with Crippen LogP contribution in [0.25, 0.3) is 0 Å². The molecule has 1 aromatic carbocycles. The molecule has 4 heteroatoms. The summed E-state index contributed by atoms with van der Waals surface area (Å²) in [6.45, 7) is 4.00. The Balaban J connectivity index is 2.00. The van der Waals surface area contributed by atoms with E-state index in [4.69, 9.17) is 5.11 Å². The molecule has 0 spiro atoms. The van der Waals surface area contributed by atoms with Crippen molar-refractivity contribution in [1.29, 1.82) is 0 Å². The molecule has 122 valence electrons. The smallest absolute Gasteiger partial charge is 0.418 e. The van der Waals surface area contributed by atoms with Crippen molar-refractivity contribution in [2.75, 3.05) is 0 Å². The topological polar surface area (TPSA) is 59.3 Å². The molecule has 0 aliphatic heterocycles. The van der Waals surface area contributed by atoms with Gasteiger partial charge in [0, 0.05) is 11.8 Å². The van der Waals surface area contributed by atoms with Crippen molar-refractivity contribution in [3.63, 3.8) is 0 Å². The van der Waals surface area contributed by atoms with Crippen molar-refractivity contribution in [2.45, 2.75) is 44.9 Å². The number of pyridine rings is 1. The number of aromatic nitrogens is 1. The van der Waals surface area contributed by atoms with Crippen LogP contribution in [-0.2, 0) is 11.8 Å². The summed E-state index contributed by atoms with van der Waals surface area (Å²) in [4.78, 5) is 23.4. The van der Waals surface area contributed by atoms with Crippen molar-refractivity contribution < 1.29 is 9.90 Å². The van der Waals surface area contributed by atoms with Crippen LogP contribution in [0, 0.1) is 0 Å². The summed E-state index contributed by atoms with van der Waals surface area (Å²) in [6, 6.07) is 13.7. The lowest BCUT2D eigenvalue weighted by molar-refractivity contribution is 0.195. The Hall–Kier alpha value is -2.36. The van der Waals surface area contributed by atoms with E-state index in [1.807, 2.05) is 32.0 Å². The molecule has 23 heavy (non-hydrogen) atoms. The number of benzene rings is 1. The van der Waals surface area contributed by atoms with E-state index in [1.54, 1.807) is 12.1 Å². The summed E-state index contributed by atoms with van der Waals surface area (Å²) in [5.41, 5.74) is 1.10. The molecule has 0 saturated heterocycles. The molecule has 4 nitrogen and oxygen atoms in total. The average Bonchev–Trinajstić information content (AvgIpc) is 2.52. The van der Waals surface area contributed by atoms with E-state index in [0.717, 1.165) is 30.3 Å². The summed E-state index contributed by atoms with van der Waals surface area (Å²) in [6.07, 6.45) is 3.96. The van der Waals surface area contributed by atoms with E-state index in [9.17, 15) is 9.59 Å². The number of hydrogen-bond donors (Lipinski definition) is 1. The molecular weight excluding hydrogens is 290 g/mol. The van der Waals surface area contributed by atoms with Gasteiger partial charge in [-0.05, 0) is 36.3 Å². The quantitative estimate of drug-likeness (QED) is 0.818.